The van der Waals surface area contributed by atoms with Gasteiger partial charge in [-0.15, -0.1) is 22.7 Å². The van der Waals surface area contributed by atoms with Crippen molar-refractivity contribution in [3.05, 3.63) is 155 Å². The van der Waals surface area contributed by atoms with Gasteiger partial charge in [0, 0.05) is 19.5 Å². The van der Waals surface area contributed by atoms with Crippen LogP contribution in [0.3, 0.4) is 0 Å². The largest absolute Gasteiger partial charge is 0.134 e. The van der Waals surface area contributed by atoms with Crippen molar-refractivity contribution in [2.45, 2.75) is 13.8 Å². The van der Waals surface area contributed by atoms with E-state index >= 15 is 0 Å². The molecule has 2 aromatic heterocycles. The van der Waals surface area contributed by atoms with E-state index in [0.717, 1.165) is 0 Å². The lowest BCUT2D eigenvalue weighted by atomic mass is 10.1. The van der Waals surface area contributed by atoms with Gasteiger partial charge in [-0.2, -0.15) is 0 Å². The van der Waals surface area contributed by atoms with E-state index in [4.69, 9.17) is 0 Å². The second-order valence-electron chi connectivity index (χ2n) is 10.1. The first-order valence-corrected chi connectivity index (χ1v) is 15.1. The highest BCUT2D eigenvalue weighted by atomic mass is 32.1. The zero-order chi connectivity index (χ0) is 27.3. The van der Waals surface area contributed by atoms with Crippen LogP contribution in [0.25, 0.3) is 54.9 Å². The highest BCUT2D eigenvalue weighted by Crippen LogP contribution is 2.40. The van der Waals surface area contributed by atoms with Crippen LogP contribution < -0.4 is 0 Å². The minimum absolute atomic E-state index is 1.21. The molecule has 0 aliphatic carbocycles. The van der Waals surface area contributed by atoms with Crippen molar-refractivity contribution in [2.24, 2.45) is 0 Å². The standard InChI is InChI=1S/C38H30S2/c1-27-3-7-29(8-4-27)11-13-31-15-19-33(20-16-31)35-23-25-37(39-35)38-26-24-36(40-38)34-21-17-32(18-22-34)14-12-30-9-5-28(2)6-10-30/h3-26H,1-2H3/b13-11+,14-12+. The minimum atomic E-state index is 1.21. The molecule has 0 amide bonds. The lowest BCUT2D eigenvalue weighted by Crippen LogP contribution is -1.76. The fraction of sp³-hybridized carbons (Fsp3) is 0.0526. The molecule has 0 fully saturated rings. The Balaban J connectivity index is 1.12. The molecule has 0 N–H and O–H groups in total. The normalized spacial score (nSPS) is 11.6. The van der Waals surface area contributed by atoms with E-state index in [9.17, 15) is 0 Å². The van der Waals surface area contributed by atoms with Crippen molar-refractivity contribution in [1.29, 1.82) is 0 Å². The first kappa shape index (κ1) is 26.0. The number of thiophene rings is 2. The summed E-state index contributed by atoms with van der Waals surface area (Å²) >= 11 is 3.71. The van der Waals surface area contributed by atoms with Crippen LogP contribution in [0.15, 0.2) is 121 Å². The molecule has 2 heteroatoms. The van der Waals surface area contributed by atoms with Crippen LogP contribution >= 0.6 is 22.7 Å². The third-order valence-electron chi connectivity index (χ3n) is 6.94. The zero-order valence-corrected chi connectivity index (χ0v) is 24.3. The van der Waals surface area contributed by atoms with E-state index in [1.54, 1.807) is 0 Å². The maximum Gasteiger partial charge on any atom is 0.0449 e. The van der Waals surface area contributed by atoms with Gasteiger partial charge in [0.25, 0.3) is 0 Å². The Hall–Kier alpha value is -4.24. The van der Waals surface area contributed by atoms with Gasteiger partial charge in [0.2, 0.25) is 0 Å². The average Bonchev–Trinajstić information content (AvgIpc) is 3.68. The highest BCUT2D eigenvalue weighted by Gasteiger charge is 2.09. The summed E-state index contributed by atoms with van der Waals surface area (Å²) in [6.45, 7) is 4.23. The molecule has 0 aliphatic heterocycles. The maximum atomic E-state index is 2.25. The van der Waals surface area contributed by atoms with Gasteiger partial charge in [-0.1, -0.05) is 132 Å². The maximum absolute atomic E-state index is 2.25. The second kappa shape index (κ2) is 11.9. The average molecular weight is 551 g/mol. The highest BCUT2D eigenvalue weighted by molar-refractivity contribution is 7.25. The fourth-order valence-electron chi connectivity index (χ4n) is 4.51. The van der Waals surface area contributed by atoms with Gasteiger partial charge in [0.1, 0.15) is 0 Å². The van der Waals surface area contributed by atoms with Crippen LogP contribution in [0, 0.1) is 13.8 Å². The molecule has 0 bridgehead atoms. The lowest BCUT2D eigenvalue weighted by molar-refractivity contribution is 1.46. The summed E-state index contributed by atoms with van der Waals surface area (Å²) in [7, 11) is 0. The zero-order valence-electron chi connectivity index (χ0n) is 22.7. The molecular weight excluding hydrogens is 521 g/mol. The summed E-state index contributed by atoms with van der Waals surface area (Å²) in [5.74, 6) is 0. The summed E-state index contributed by atoms with van der Waals surface area (Å²) in [5.41, 5.74) is 9.95. The molecule has 2 heterocycles. The third kappa shape index (κ3) is 6.31. The first-order chi connectivity index (χ1) is 19.6. The first-order valence-electron chi connectivity index (χ1n) is 13.5. The summed E-state index contributed by atoms with van der Waals surface area (Å²) in [5, 5.41) is 0. The number of hydrogen-bond acceptors (Lipinski definition) is 2. The monoisotopic (exact) mass is 550 g/mol. The Morgan fingerprint density at radius 1 is 0.325 bits per heavy atom. The molecule has 0 saturated heterocycles. The predicted molar refractivity (Wildman–Crippen MR) is 179 cm³/mol. The van der Waals surface area contributed by atoms with Crippen LogP contribution in [-0.4, -0.2) is 0 Å². The summed E-state index contributed by atoms with van der Waals surface area (Å²) in [6.07, 6.45) is 8.69. The second-order valence-corrected chi connectivity index (χ2v) is 12.2. The Labute approximate surface area is 245 Å². The molecule has 0 radical (unpaired) electrons. The number of aryl methyl sites for hydroxylation is 2. The summed E-state index contributed by atoms with van der Waals surface area (Å²) in [4.78, 5) is 5.21. The van der Waals surface area contributed by atoms with Gasteiger partial charge in [-0.25, -0.2) is 0 Å². The smallest absolute Gasteiger partial charge is 0.0449 e. The molecular formula is C38H30S2. The van der Waals surface area contributed by atoms with E-state index < -0.39 is 0 Å². The Bertz CT molecular complexity index is 1620. The molecule has 4 aromatic carbocycles. The molecule has 0 nitrogen and oxygen atoms in total. The number of benzene rings is 4. The van der Waals surface area contributed by atoms with Crippen LogP contribution in [-0.2, 0) is 0 Å². The molecule has 0 aliphatic rings. The van der Waals surface area contributed by atoms with Crippen molar-refractivity contribution >= 4 is 47.0 Å². The fourth-order valence-corrected chi connectivity index (χ4v) is 6.62. The van der Waals surface area contributed by atoms with E-state index in [1.165, 1.54) is 64.0 Å². The van der Waals surface area contributed by atoms with E-state index in [0.29, 0.717) is 0 Å². The van der Waals surface area contributed by atoms with Crippen molar-refractivity contribution < 1.29 is 0 Å². The molecule has 194 valence electrons. The lowest BCUT2D eigenvalue weighted by Gasteiger charge is -2.00. The Kier molecular flexibility index (Phi) is 7.72. The van der Waals surface area contributed by atoms with Gasteiger partial charge in [-0.3, -0.25) is 0 Å². The molecule has 6 rings (SSSR count). The molecule has 0 saturated carbocycles. The summed E-state index contributed by atoms with van der Waals surface area (Å²) < 4.78 is 0. The topological polar surface area (TPSA) is 0 Å². The quantitative estimate of drug-likeness (QED) is 0.173. The van der Waals surface area contributed by atoms with Crippen molar-refractivity contribution in [3.63, 3.8) is 0 Å². The predicted octanol–water partition coefficient (Wildman–Crippen LogP) is 11.8. The van der Waals surface area contributed by atoms with Crippen molar-refractivity contribution in [1.82, 2.24) is 0 Å². The Morgan fingerprint density at radius 3 is 0.925 bits per heavy atom. The SMILES string of the molecule is Cc1ccc(/C=C/c2ccc(-c3ccc(-c4ccc(-c5ccc(/C=C/c6ccc(C)cc6)cc5)s4)s3)cc2)cc1. The van der Waals surface area contributed by atoms with Gasteiger partial charge >= 0.3 is 0 Å². The molecule has 6 aromatic rings. The number of rotatable bonds is 7. The van der Waals surface area contributed by atoms with Crippen molar-refractivity contribution in [3.8, 4) is 30.6 Å². The van der Waals surface area contributed by atoms with Gasteiger partial charge in [0.15, 0.2) is 0 Å². The van der Waals surface area contributed by atoms with Gasteiger partial charge in [0.05, 0.1) is 0 Å². The molecule has 40 heavy (non-hydrogen) atoms. The van der Waals surface area contributed by atoms with E-state index in [1.807, 2.05) is 22.7 Å². The van der Waals surface area contributed by atoms with E-state index in [2.05, 4.69) is 159 Å². The van der Waals surface area contributed by atoms with Gasteiger partial charge < -0.3 is 0 Å². The van der Waals surface area contributed by atoms with Crippen LogP contribution in [0.2, 0.25) is 0 Å². The van der Waals surface area contributed by atoms with Crippen molar-refractivity contribution in [2.75, 3.05) is 0 Å². The third-order valence-corrected chi connectivity index (χ3v) is 9.40. The summed E-state index contributed by atoms with van der Waals surface area (Å²) in [6, 6.07) is 43.9. The molecule has 0 spiro atoms. The van der Waals surface area contributed by atoms with Crippen LogP contribution in [0.1, 0.15) is 33.4 Å². The Morgan fingerprint density at radius 2 is 0.600 bits per heavy atom. The molecule has 0 atom stereocenters. The van der Waals surface area contributed by atoms with Crippen LogP contribution in [0.5, 0.6) is 0 Å². The van der Waals surface area contributed by atoms with Gasteiger partial charge in [-0.05, 0) is 71.5 Å². The minimum Gasteiger partial charge on any atom is -0.134 e. The molecule has 0 unspecified atom stereocenters. The van der Waals surface area contributed by atoms with E-state index in [-0.39, 0.29) is 0 Å². The number of hydrogen-bond donors (Lipinski definition) is 0. The van der Waals surface area contributed by atoms with Crippen LogP contribution in [0.4, 0.5) is 0 Å².